The number of nitrogens with zero attached hydrogens (tertiary/aromatic N) is 5. The molecule has 0 saturated carbocycles. The van der Waals surface area contributed by atoms with Crippen LogP contribution in [-0.2, 0) is 5.75 Å². The number of hydrogen-bond donors (Lipinski definition) is 0. The summed E-state index contributed by atoms with van der Waals surface area (Å²) < 4.78 is 1.62. The first-order valence-electron chi connectivity index (χ1n) is 6.54. The maximum atomic E-state index is 10.6. The van der Waals surface area contributed by atoms with Gasteiger partial charge < -0.3 is 0 Å². The van der Waals surface area contributed by atoms with Gasteiger partial charge in [-0.05, 0) is 40.3 Å². The van der Waals surface area contributed by atoms with Gasteiger partial charge in [0.2, 0.25) is 5.16 Å². The Morgan fingerprint density at radius 2 is 1.83 bits per heavy atom. The van der Waals surface area contributed by atoms with E-state index in [9.17, 15) is 10.1 Å². The maximum absolute atomic E-state index is 10.6. The van der Waals surface area contributed by atoms with Crippen molar-refractivity contribution in [2.45, 2.75) is 10.9 Å². The van der Waals surface area contributed by atoms with E-state index in [0.29, 0.717) is 15.9 Å². The Hall–Kier alpha value is -2.45. The molecule has 0 unspecified atom stereocenters. The lowest BCUT2D eigenvalue weighted by atomic mass is 10.2. The van der Waals surface area contributed by atoms with Gasteiger partial charge in [-0.2, -0.15) is 4.68 Å². The Morgan fingerprint density at radius 3 is 2.48 bits per heavy atom. The zero-order valence-electron chi connectivity index (χ0n) is 11.7. The summed E-state index contributed by atoms with van der Waals surface area (Å²) in [5.41, 5.74) is 1.83. The van der Waals surface area contributed by atoms with Gasteiger partial charge in [-0.25, -0.2) is 0 Å². The quantitative estimate of drug-likeness (QED) is 0.398. The van der Waals surface area contributed by atoms with Gasteiger partial charge in [0.05, 0.1) is 10.6 Å². The van der Waals surface area contributed by atoms with Crippen molar-refractivity contribution in [1.82, 2.24) is 20.2 Å². The Balaban J connectivity index is 1.73. The Kier molecular flexibility index (Phi) is 4.54. The molecule has 0 aliphatic heterocycles. The fourth-order valence-corrected chi connectivity index (χ4v) is 2.85. The number of halogens is 1. The van der Waals surface area contributed by atoms with Crippen LogP contribution in [0.3, 0.4) is 0 Å². The topological polar surface area (TPSA) is 86.7 Å². The average Bonchev–Trinajstić information content (AvgIpc) is 3.02. The minimum atomic E-state index is -0.419. The number of hydrogen-bond acceptors (Lipinski definition) is 6. The predicted octanol–water partition coefficient (Wildman–Crippen LogP) is 3.52. The largest absolute Gasteiger partial charge is 0.269 e. The van der Waals surface area contributed by atoms with Crippen LogP contribution in [-0.4, -0.2) is 25.1 Å². The first-order valence-corrected chi connectivity index (χ1v) is 7.90. The van der Waals surface area contributed by atoms with Gasteiger partial charge in [-0.15, -0.1) is 5.10 Å². The summed E-state index contributed by atoms with van der Waals surface area (Å²) in [5, 5.41) is 23.6. The number of benzene rings is 2. The van der Waals surface area contributed by atoms with Gasteiger partial charge in [0.25, 0.3) is 5.69 Å². The molecule has 0 bridgehead atoms. The highest BCUT2D eigenvalue weighted by Crippen LogP contribution is 2.24. The summed E-state index contributed by atoms with van der Waals surface area (Å²) in [6.45, 7) is 0. The van der Waals surface area contributed by atoms with Crippen LogP contribution in [0.2, 0.25) is 5.02 Å². The van der Waals surface area contributed by atoms with Crippen LogP contribution >= 0.6 is 23.4 Å². The second-order valence-corrected chi connectivity index (χ2v) is 5.94. The van der Waals surface area contributed by atoms with Gasteiger partial charge >= 0.3 is 0 Å². The van der Waals surface area contributed by atoms with Gasteiger partial charge in [0.1, 0.15) is 0 Å². The molecule has 0 spiro atoms. The van der Waals surface area contributed by atoms with Crippen molar-refractivity contribution >= 4 is 29.1 Å². The lowest BCUT2D eigenvalue weighted by Gasteiger charge is -2.04. The molecule has 0 atom stereocenters. The molecule has 2 aromatic carbocycles. The highest BCUT2D eigenvalue weighted by molar-refractivity contribution is 7.98. The van der Waals surface area contributed by atoms with Crippen molar-refractivity contribution in [2.75, 3.05) is 0 Å². The highest BCUT2D eigenvalue weighted by atomic mass is 35.5. The highest BCUT2D eigenvalue weighted by Gasteiger charge is 2.10. The van der Waals surface area contributed by atoms with Crippen molar-refractivity contribution < 1.29 is 4.92 Å². The number of thioether (sulfide) groups is 1. The van der Waals surface area contributed by atoms with Crippen molar-refractivity contribution in [3.63, 3.8) is 0 Å². The van der Waals surface area contributed by atoms with Crippen molar-refractivity contribution in [2.24, 2.45) is 0 Å². The first-order chi connectivity index (χ1) is 11.1. The van der Waals surface area contributed by atoms with Crippen LogP contribution in [0.1, 0.15) is 5.56 Å². The van der Waals surface area contributed by atoms with Crippen molar-refractivity contribution in [3.8, 4) is 5.69 Å². The molecule has 7 nitrogen and oxygen atoms in total. The van der Waals surface area contributed by atoms with Crippen LogP contribution in [0.4, 0.5) is 5.69 Å². The van der Waals surface area contributed by atoms with Gasteiger partial charge in [0.15, 0.2) is 0 Å². The van der Waals surface area contributed by atoms with Gasteiger partial charge in [0, 0.05) is 22.9 Å². The molecule has 0 aliphatic carbocycles. The molecule has 23 heavy (non-hydrogen) atoms. The summed E-state index contributed by atoms with van der Waals surface area (Å²) in [6, 6.07) is 13.6. The first kappa shape index (κ1) is 15.4. The predicted molar refractivity (Wildman–Crippen MR) is 86.8 cm³/mol. The number of nitro benzene ring substituents is 1. The zero-order chi connectivity index (χ0) is 16.2. The minimum Gasteiger partial charge on any atom is -0.258 e. The van der Waals surface area contributed by atoms with Crippen molar-refractivity contribution in [1.29, 1.82) is 0 Å². The van der Waals surface area contributed by atoms with E-state index in [1.54, 1.807) is 28.9 Å². The molecule has 3 rings (SSSR count). The molecular formula is C14H10ClN5O2S. The van der Waals surface area contributed by atoms with E-state index in [1.165, 1.54) is 23.9 Å². The fourth-order valence-electron chi connectivity index (χ4n) is 1.88. The Morgan fingerprint density at radius 1 is 1.13 bits per heavy atom. The molecule has 0 radical (unpaired) electrons. The van der Waals surface area contributed by atoms with Crippen LogP contribution in [0.5, 0.6) is 0 Å². The van der Waals surface area contributed by atoms with Crippen LogP contribution in [0.25, 0.3) is 5.69 Å². The molecule has 0 aliphatic rings. The Labute approximate surface area is 140 Å². The fraction of sp³-hybridized carbons (Fsp3) is 0.0714. The van der Waals surface area contributed by atoms with E-state index in [2.05, 4.69) is 15.5 Å². The van der Waals surface area contributed by atoms with Gasteiger partial charge in [-0.3, -0.25) is 10.1 Å². The molecule has 1 heterocycles. The normalized spacial score (nSPS) is 10.7. The van der Waals surface area contributed by atoms with Gasteiger partial charge in [-0.1, -0.05) is 35.5 Å². The maximum Gasteiger partial charge on any atom is 0.269 e. The zero-order valence-corrected chi connectivity index (χ0v) is 13.2. The van der Waals surface area contributed by atoms with Crippen LogP contribution in [0, 0.1) is 10.1 Å². The van der Waals surface area contributed by atoms with E-state index >= 15 is 0 Å². The second-order valence-electron chi connectivity index (χ2n) is 4.56. The van der Waals surface area contributed by atoms with E-state index in [4.69, 9.17) is 11.6 Å². The standard InChI is InChI=1S/C14H10ClN5O2S/c15-11-3-7-12(8-4-11)19-14(16-17-18-19)23-9-10-1-5-13(6-2-10)20(21)22/h1-8H,9H2. The number of rotatable bonds is 5. The van der Waals surface area contributed by atoms with E-state index in [-0.39, 0.29) is 5.69 Å². The van der Waals surface area contributed by atoms with Crippen LogP contribution < -0.4 is 0 Å². The molecular weight excluding hydrogens is 338 g/mol. The summed E-state index contributed by atoms with van der Waals surface area (Å²) in [5.74, 6) is 0.603. The average molecular weight is 348 g/mol. The summed E-state index contributed by atoms with van der Waals surface area (Å²) in [6.07, 6.45) is 0. The number of nitro groups is 1. The Bertz CT molecular complexity index is 820. The SMILES string of the molecule is O=[N+]([O-])c1ccc(CSc2nnnn2-c2ccc(Cl)cc2)cc1. The third kappa shape index (κ3) is 3.66. The molecule has 0 amide bonds. The molecule has 0 saturated heterocycles. The lowest BCUT2D eigenvalue weighted by Crippen LogP contribution is -1.98. The minimum absolute atomic E-state index is 0.0738. The number of tetrazole rings is 1. The van der Waals surface area contributed by atoms with E-state index < -0.39 is 4.92 Å². The third-order valence-corrected chi connectivity index (χ3v) is 4.27. The molecule has 1 aromatic heterocycles. The molecule has 116 valence electrons. The number of non-ortho nitro benzene ring substituents is 1. The van der Waals surface area contributed by atoms with Crippen LogP contribution in [0.15, 0.2) is 53.7 Å². The smallest absolute Gasteiger partial charge is 0.258 e. The molecule has 0 N–H and O–H groups in total. The second kappa shape index (κ2) is 6.76. The summed E-state index contributed by atoms with van der Waals surface area (Å²) >= 11 is 7.32. The monoisotopic (exact) mass is 347 g/mol. The van der Waals surface area contributed by atoms with Crippen molar-refractivity contribution in [3.05, 3.63) is 69.2 Å². The summed E-state index contributed by atoms with van der Waals surface area (Å²) in [7, 11) is 0. The lowest BCUT2D eigenvalue weighted by molar-refractivity contribution is -0.384. The molecule has 0 fully saturated rings. The molecule has 3 aromatic rings. The third-order valence-electron chi connectivity index (χ3n) is 3.03. The summed E-state index contributed by atoms with van der Waals surface area (Å²) in [4.78, 5) is 10.2. The van der Waals surface area contributed by atoms with E-state index in [1.807, 2.05) is 12.1 Å². The molecule has 9 heteroatoms. The number of aromatic nitrogens is 4. The van der Waals surface area contributed by atoms with E-state index in [0.717, 1.165) is 11.3 Å².